The summed E-state index contributed by atoms with van der Waals surface area (Å²) >= 11 is 0. The predicted molar refractivity (Wildman–Crippen MR) is 136 cm³/mol. The van der Waals surface area contributed by atoms with Gasteiger partial charge >= 0.3 is 0 Å². The van der Waals surface area contributed by atoms with Gasteiger partial charge < -0.3 is 8.99 Å². The van der Waals surface area contributed by atoms with Crippen molar-refractivity contribution in [2.75, 3.05) is 0 Å². The van der Waals surface area contributed by atoms with Crippen LogP contribution in [0.5, 0.6) is 0 Å². The fourth-order valence-corrected chi connectivity index (χ4v) is 13.9. The molecule has 0 N–H and O–H groups in total. The standard InChI is InChI=1S/C25H40N2O4Si2/c1-15(2)33(16(3)4,17(5)6)31-18(7)21-22(25(30)27(21)32(8,9)10)26-23(28)19-13-11-12-14-20(19)24(26)29/h11-18,21-22H,1-10H3/t18-,21-,22-/m0/s1. The van der Waals surface area contributed by atoms with Gasteiger partial charge in [0.05, 0.1) is 23.3 Å². The summed E-state index contributed by atoms with van der Waals surface area (Å²) in [6, 6.07) is 5.70. The van der Waals surface area contributed by atoms with Crippen LogP contribution in [0.25, 0.3) is 0 Å². The third kappa shape index (κ3) is 3.93. The molecule has 3 rings (SSSR count). The highest BCUT2D eigenvalue weighted by molar-refractivity contribution is 6.78. The Morgan fingerprint density at radius 1 is 0.788 bits per heavy atom. The zero-order valence-electron chi connectivity index (χ0n) is 21.8. The van der Waals surface area contributed by atoms with Gasteiger partial charge in [-0.15, -0.1) is 0 Å². The monoisotopic (exact) mass is 488 g/mol. The lowest BCUT2D eigenvalue weighted by molar-refractivity contribution is -0.152. The molecular weight excluding hydrogens is 448 g/mol. The summed E-state index contributed by atoms with van der Waals surface area (Å²) < 4.78 is 9.01. The zero-order valence-corrected chi connectivity index (χ0v) is 23.8. The summed E-state index contributed by atoms with van der Waals surface area (Å²) in [6.45, 7) is 21.8. The molecule has 3 atom stereocenters. The van der Waals surface area contributed by atoms with Crippen molar-refractivity contribution in [3.05, 3.63) is 35.4 Å². The first-order chi connectivity index (χ1) is 15.2. The van der Waals surface area contributed by atoms with E-state index < -0.39 is 22.6 Å². The molecule has 0 aromatic heterocycles. The number of β-lactam (4-membered cyclic amide) rings is 1. The largest absolute Gasteiger partial charge is 0.411 e. The average molecular weight is 489 g/mol. The molecule has 8 heteroatoms. The zero-order chi connectivity index (χ0) is 25.0. The summed E-state index contributed by atoms with van der Waals surface area (Å²) in [6.07, 6.45) is -0.275. The molecular formula is C25H40N2O4Si2. The molecule has 1 aromatic rings. The van der Waals surface area contributed by atoms with Crippen molar-refractivity contribution in [1.82, 2.24) is 9.47 Å². The number of amides is 3. The van der Waals surface area contributed by atoms with Crippen LogP contribution in [0.4, 0.5) is 0 Å². The number of hydrogen-bond donors (Lipinski definition) is 0. The molecule has 0 radical (unpaired) electrons. The van der Waals surface area contributed by atoms with E-state index in [4.69, 9.17) is 4.43 Å². The average Bonchev–Trinajstić information content (AvgIpc) is 2.93. The van der Waals surface area contributed by atoms with E-state index in [0.717, 1.165) is 0 Å². The summed E-state index contributed by atoms with van der Waals surface area (Å²) in [5, 5.41) is 0. The molecule has 1 fully saturated rings. The number of rotatable bonds is 8. The molecule has 1 aromatic carbocycles. The molecule has 6 nitrogen and oxygen atoms in total. The fourth-order valence-electron chi connectivity index (χ4n) is 6.26. The van der Waals surface area contributed by atoms with Gasteiger partial charge in [0, 0.05) is 0 Å². The number of nitrogens with zero attached hydrogens (tertiary/aromatic N) is 2. The second-order valence-corrected chi connectivity index (χ2v) is 21.7. The Hall–Kier alpha value is -1.78. The summed E-state index contributed by atoms with van der Waals surface area (Å²) in [7, 11) is -4.29. The van der Waals surface area contributed by atoms with Gasteiger partial charge in [0.2, 0.25) is 14.2 Å². The molecule has 0 bridgehead atoms. The molecule has 2 aliphatic rings. The maximum absolute atomic E-state index is 13.5. The molecule has 182 valence electrons. The topological polar surface area (TPSA) is 66.9 Å². The van der Waals surface area contributed by atoms with Crippen molar-refractivity contribution >= 4 is 34.3 Å². The van der Waals surface area contributed by atoms with Gasteiger partial charge in [-0.25, -0.2) is 0 Å². The predicted octanol–water partition coefficient (Wildman–Crippen LogP) is 5.28. The minimum absolute atomic E-state index is 0.130. The molecule has 0 aliphatic carbocycles. The summed E-state index contributed by atoms with van der Waals surface area (Å²) in [5.41, 5.74) is 1.95. The van der Waals surface area contributed by atoms with Gasteiger partial charge in [-0.2, -0.15) is 0 Å². The number of benzene rings is 1. The second-order valence-electron chi connectivity index (χ2n) is 11.5. The van der Waals surface area contributed by atoms with Gasteiger partial charge in [-0.3, -0.25) is 19.3 Å². The second kappa shape index (κ2) is 8.78. The minimum Gasteiger partial charge on any atom is -0.411 e. The Bertz CT molecular complexity index is 897. The van der Waals surface area contributed by atoms with Crippen LogP contribution >= 0.6 is 0 Å². The first-order valence-electron chi connectivity index (χ1n) is 12.2. The van der Waals surface area contributed by atoms with Crippen molar-refractivity contribution in [1.29, 1.82) is 0 Å². The molecule has 2 aliphatic heterocycles. The molecule has 1 saturated heterocycles. The molecule has 3 amide bonds. The van der Waals surface area contributed by atoms with E-state index >= 15 is 0 Å². The van der Waals surface area contributed by atoms with E-state index in [1.807, 2.05) is 11.5 Å². The van der Waals surface area contributed by atoms with E-state index in [2.05, 4.69) is 61.2 Å². The van der Waals surface area contributed by atoms with Crippen molar-refractivity contribution in [2.24, 2.45) is 0 Å². The SMILES string of the molecule is CC(C)[Si](O[C@@H](C)[C@H]1[C@H](N2C(=O)c3ccccc3C2=O)C(=O)N1[Si](C)(C)C)(C(C)C)C(C)C. The van der Waals surface area contributed by atoms with Gasteiger partial charge in [-0.1, -0.05) is 73.3 Å². The van der Waals surface area contributed by atoms with E-state index in [1.165, 1.54) is 4.90 Å². The van der Waals surface area contributed by atoms with Gasteiger partial charge in [0.1, 0.15) is 6.04 Å². The number of carbonyl (C=O) groups is 3. The van der Waals surface area contributed by atoms with Gasteiger partial charge in [-0.05, 0) is 35.7 Å². The molecule has 0 unspecified atom stereocenters. The molecule has 33 heavy (non-hydrogen) atoms. The van der Waals surface area contributed by atoms with Crippen LogP contribution in [0.15, 0.2) is 24.3 Å². The fraction of sp³-hybridized carbons (Fsp3) is 0.640. The maximum atomic E-state index is 13.5. The maximum Gasteiger partial charge on any atom is 0.262 e. The summed E-state index contributed by atoms with van der Waals surface area (Å²) in [5.74, 6) is -0.877. The smallest absolute Gasteiger partial charge is 0.262 e. The normalized spacial score (nSPS) is 22.5. The third-order valence-electron chi connectivity index (χ3n) is 7.52. The van der Waals surface area contributed by atoms with E-state index in [-0.39, 0.29) is 29.9 Å². The van der Waals surface area contributed by atoms with Gasteiger partial charge in [0.25, 0.3) is 11.8 Å². The molecule has 0 spiro atoms. The Balaban J connectivity index is 2.02. The minimum atomic E-state index is -2.22. The highest BCUT2D eigenvalue weighted by atomic mass is 28.4. The highest BCUT2D eigenvalue weighted by Gasteiger charge is 2.62. The lowest BCUT2D eigenvalue weighted by Gasteiger charge is -2.58. The van der Waals surface area contributed by atoms with E-state index in [1.54, 1.807) is 24.3 Å². The van der Waals surface area contributed by atoms with Gasteiger partial charge in [0.15, 0.2) is 8.24 Å². The Morgan fingerprint density at radius 2 is 1.21 bits per heavy atom. The first kappa shape index (κ1) is 25.8. The van der Waals surface area contributed by atoms with Crippen LogP contribution in [-0.2, 0) is 9.22 Å². The Labute approximate surface area is 200 Å². The number of hydrogen-bond acceptors (Lipinski definition) is 4. The van der Waals surface area contributed by atoms with Crippen molar-refractivity contribution in [2.45, 2.75) is 103 Å². The van der Waals surface area contributed by atoms with Crippen LogP contribution in [-0.4, -0.2) is 61.9 Å². The molecule has 0 saturated carbocycles. The highest BCUT2D eigenvalue weighted by Crippen LogP contribution is 2.45. The van der Waals surface area contributed by atoms with Crippen LogP contribution in [0, 0.1) is 0 Å². The van der Waals surface area contributed by atoms with Crippen molar-refractivity contribution < 1.29 is 18.8 Å². The van der Waals surface area contributed by atoms with Crippen LogP contribution < -0.4 is 0 Å². The van der Waals surface area contributed by atoms with Crippen molar-refractivity contribution in [3.8, 4) is 0 Å². The Kier molecular flexibility index (Phi) is 6.87. The lowest BCUT2D eigenvalue weighted by Crippen LogP contribution is -2.80. The number of fused-ring (bicyclic) bond motifs is 1. The number of carbonyl (C=O) groups excluding carboxylic acids is 3. The number of imide groups is 1. The van der Waals surface area contributed by atoms with E-state index in [0.29, 0.717) is 27.8 Å². The van der Waals surface area contributed by atoms with Crippen molar-refractivity contribution in [3.63, 3.8) is 0 Å². The molecule has 2 heterocycles. The lowest BCUT2D eigenvalue weighted by atomic mass is 9.92. The quantitative estimate of drug-likeness (QED) is 0.284. The first-order valence-corrected chi connectivity index (χ1v) is 17.7. The van der Waals surface area contributed by atoms with Crippen LogP contribution in [0.3, 0.4) is 0 Å². The van der Waals surface area contributed by atoms with Crippen LogP contribution in [0.1, 0.15) is 69.2 Å². The Morgan fingerprint density at radius 3 is 1.58 bits per heavy atom. The third-order valence-corrected chi connectivity index (χ3v) is 15.7. The van der Waals surface area contributed by atoms with E-state index in [9.17, 15) is 14.4 Å². The van der Waals surface area contributed by atoms with Crippen LogP contribution in [0.2, 0.25) is 36.3 Å². The summed E-state index contributed by atoms with van der Waals surface area (Å²) in [4.78, 5) is 41.2.